The maximum Gasteiger partial charge on any atom is 0.150 e. The Morgan fingerprint density at radius 3 is 2.35 bits per heavy atom. The van der Waals surface area contributed by atoms with Crippen molar-refractivity contribution in [1.82, 2.24) is 4.90 Å². The molecule has 192 valence electrons. The third kappa shape index (κ3) is 4.98. The maximum atomic E-state index is 10.1. The number of rotatable bonds is 6. The molecule has 0 radical (unpaired) electrons. The van der Waals surface area contributed by atoms with Gasteiger partial charge in [0.2, 0.25) is 0 Å². The van der Waals surface area contributed by atoms with E-state index in [2.05, 4.69) is 17.0 Å². The highest BCUT2D eigenvalue weighted by molar-refractivity contribution is 5.98. The number of phenolic OH excluding ortho intramolecular Hbond substituents is 2. The van der Waals surface area contributed by atoms with E-state index in [4.69, 9.17) is 14.2 Å². The summed E-state index contributed by atoms with van der Waals surface area (Å²) in [5.41, 5.74) is 5.02. The molecule has 2 N–H and O–H groups in total. The van der Waals surface area contributed by atoms with Crippen LogP contribution in [0.5, 0.6) is 28.7 Å². The molecule has 3 aliphatic heterocycles. The number of likely N-dealkylation sites (tertiary alicyclic amines) is 1. The van der Waals surface area contributed by atoms with Gasteiger partial charge < -0.3 is 29.3 Å². The number of aromatic hydroxyl groups is 2. The second-order valence-corrected chi connectivity index (χ2v) is 10.0. The number of phenols is 2. The molecule has 0 bridgehead atoms. The van der Waals surface area contributed by atoms with Crippen molar-refractivity contribution in [2.75, 3.05) is 32.8 Å². The summed E-state index contributed by atoms with van der Waals surface area (Å²) in [5.74, 6) is 2.49. The Hall–Kier alpha value is -3.64. The van der Waals surface area contributed by atoms with Crippen LogP contribution in [-0.2, 0) is 0 Å². The minimum Gasteiger partial charge on any atom is -0.508 e. The Balaban J connectivity index is 1.26. The van der Waals surface area contributed by atoms with E-state index in [1.807, 2.05) is 24.3 Å². The van der Waals surface area contributed by atoms with E-state index in [0.717, 1.165) is 46.6 Å². The van der Waals surface area contributed by atoms with E-state index in [-0.39, 0.29) is 17.6 Å². The zero-order valence-corrected chi connectivity index (χ0v) is 21.0. The van der Waals surface area contributed by atoms with Gasteiger partial charge in [-0.25, -0.2) is 0 Å². The SMILES string of the molecule is Oc1ccc2c(c1)O[C@H](c1ccc(OCCCN3CCCCC3)cc1)C1=C2CCOc2cc(O)ccc21. The van der Waals surface area contributed by atoms with Crippen LogP contribution in [0.2, 0.25) is 0 Å². The number of hydrogen-bond acceptors (Lipinski definition) is 6. The lowest BCUT2D eigenvalue weighted by atomic mass is 9.84. The average molecular weight is 500 g/mol. The topological polar surface area (TPSA) is 71.4 Å². The van der Waals surface area contributed by atoms with E-state index in [1.54, 1.807) is 24.3 Å². The minimum absolute atomic E-state index is 0.170. The maximum absolute atomic E-state index is 10.1. The smallest absolute Gasteiger partial charge is 0.150 e. The number of nitrogens with zero attached hydrogens (tertiary/aromatic N) is 1. The first kappa shape index (κ1) is 23.7. The van der Waals surface area contributed by atoms with E-state index >= 15 is 0 Å². The number of hydrogen-bond donors (Lipinski definition) is 2. The van der Waals surface area contributed by atoms with E-state index in [1.165, 1.54) is 32.4 Å². The molecule has 0 spiro atoms. The van der Waals surface area contributed by atoms with Gasteiger partial charge in [-0.05, 0) is 79.9 Å². The number of piperidine rings is 1. The Morgan fingerprint density at radius 1 is 0.838 bits per heavy atom. The van der Waals surface area contributed by atoms with Crippen molar-refractivity contribution >= 4 is 11.1 Å². The van der Waals surface area contributed by atoms with Crippen molar-refractivity contribution in [3.05, 3.63) is 77.4 Å². The molecule has 1 fully saturated rings. The molecule has 37 heavy (non-hydrogen) atoms. The molecule has 0 saturated carbocycles. The van der Waals surface area contributed by atoms with Crippen LogP contribution in [0.1, 0.15) is 54.9 Å². The van der Waals surface area contributed by atoms with E-state index < -0.39 is 0 Å². The van der Waals surface area contributed by atoms with Crippen molar-refractivity contribution < 1.29 is 24.4 Å². The molecule has 3 aliphatic rings. The fourth-order valence-electron chi connectivity index (χ4n) is 5.67. The number of fused-ring (bicyclic) bond motifs is 4. The third-order valence-electron chi connectivity index (χ3n) is 7.51. The molecule has 6 heteroatoms. The number of benzene rings is 3. The van der Waals surface area contributed by atoms with Gasteiger partial charge in [-0.15, -0.1) is 0 Å². The fourth-order valence-corrected chi connectivity index (χ4v) is 5.67. The van der Waals surface area contributed by atoms with E-state index in [9.17, 15) is 10.2 Å². The normalized spacial score (nSPS) is 19.1. The largest absolute Gasteiger partial charge is 0.508 e. The highest BCUT2D eigenvalue weighted by Gasteiger charge is 2.34. The van der Waals surface area contributed by atoms with Gasteiger partial charge in [-0.3, -0.25) is 0 Å². The quantitative estimate of drug-likeness (QED) is 0.395. The van der Waals surface area contributed by atoms with Gasteiger partial charge in [0.1, 0.15) is 34.9 Å². The zero-order chi connectivity index (χ0) is 25.2. The average Bonchev–Trinajstić information content (AvgIpc) is 3.11. The lowest BCUT2D eigenvalue weighted by Crippen LogP contribution is -2.31. The molecule has 0 amide bonds. The predicted molar refractivity (Wildman–Crippen MR) is 143 cm³/mol. The predicted octanol–water partition coefficient (Wildman–Crippen LogP) is 6.18. The van der Waals surface area contributed by atoms with Crippen LogP contribution in [0.25, 0.3) is 11.1 Å². The Labute approximate surface area is 217 Å². The molecule has 0 aromatic heterocycles. The molecule has 1 saturated heterocycles. The van der Waals surface area contributed by atoms with Crippen molar-refractivity contribution in [2.45, 2.75) is 38.2 Å². The van der Waals surface area contributed by atoms with Gasteiger partial charge in [-0.1, -0.05) is 18.6 Å². The lowest BCUT2D eigenvalue weighted by molar-refractivity contribution is 0.205. The van der Waals surface area contributed by atoms with Crippen molar-refractivity contribution in [3.63, 3.8) is 0 Å². The molecule has 3 heterocycles. The molecule has 3 aromatic carbocycles. The summed E-state index contributed by atoms with van der Waals surface area (Å²) in [5, 5.41) is 20.2. The molecule has 0 aliphatic carbocycles. The summed E-state index contributed by atoms with van der Waals surface area (Å²) >= 11 is 0. The molecular weight excluding hydrogens is 466 g/mol. The second-order valence-electron chi connectivity index (χ2n) is 10.0. The molecule has 0 unspecified atom stereocenters. The lowest BCUT2D eigenvalue weighted by Gasteiger charge is -2.31. The van der Waals surface area contributed by atoms with Crippen molar-refractivity contribution in [3.8, 4) is 28.7 Å². The second kappa shape index (κ2) is 10.4. The summed E-state index contributed by atoms with van der Waals surface area (Å²) in [6.45, 7) is 4.71. The van der Waals surface area contributed by atoms with Gasteiger partial charge in [0.05, 0.1) is 13.2 Å². The summed E-state index contributed by atoms with van der Waals surface area (Å²) in [6.07, 6.45) is 5.31. The van der Waals surface area contributed by atoms with Gasteiger partial charge in [0.25, 0.3) is 0 Å². The van der Waals surface area contributed by atoms with Crippen LogP contribution in [0.15, 0.2) is 60.7 Å². The first-order valence-corrected chi connectivity index (χ1v) is 13.3. The Kier molecular flexibility index (Phi) is 6.66. The van der Waals surface area contributed by atoms with Gasteiger partial charge >= 0.3 is 0 Å². The Bertz CT molecular complexity index is 1290. The van der Waals surface area contributed by atoms with Crippen LogP contribution in [0.4, 0.5) is 0 Å². The molecule has 6 nitrogen and oxygen atoms in total. The van der Waals surface area contributed by atoms with Gasteiger partial charge in [-0.2, -0.15) is 0 Å². The first-order chi connectivity index (χ1) is 18.2. The monoisotopic (exact) mass is 499 g/mol. The van der Waals surface area contributed by atoms with Crippen LogP contribution >= 0.6 is 0 Å². The highest BCUT2D eigenvalue weighted by Crippen LogP contribution is 2.51. The molecule has 3 aromatic rings. The van der Waals surface area contributed by atoms with Crippen LogP contribution in [0.3, 0.4) is 0 Å². The Morgan fingerprint density at radius 2 is 1.57 bits per heavy atom. The standard InChI is InChI=1S/C31H33NO5/c33-22-8-12-27-28(19-22)36-18-13-26-25-11-7-23(34)20-29(25)37-31(30(26)27)21-5-9-24(10-6-21)35-17-4-16-32-14-2-1-3-15-32/h5-12,19-20,31,33-34H,1-4,13-18H2/t31-/m1/s1. The van der Waals surface area contributed by atoms with Crippen molar-refractivity contribution in [2.24, 2.45) is 0 Å². The minimum atomic E-state index is -0.387. The van der Waals surface area contributed by atoms with Gasteiger partial charge in [0, 0.05) is 41.8 Å². The van der Waals surface area contributed by atoms with Crippen LogP contribution in [0, 0.1) is 0 Å². The summed E-state index contributed by atoms with van der Waals surface area (Å²) in [4.78, 5) is 2.53. The molecule has 1 atom stereocenters. The summed E-state index contributed by atoms with van der Waals surface area (Å²) in [7, 11) is 0. The summed E-state index contributed by atoms with van der Waals surface area (Å²) in [6, 6.07) is 18.6. The first-order valence-electron chi connectivity index (χ1n) is 13.3. The van der Waals surface area contributed by atoms with Crippen LogP contribution in [-0.4, -0.2) is 48.0 Å². The van der Waals surface area contributed by atoms with Crippen LogP contribution < -0.4 is 14.2 Å². The summed E-state index contributed by atoms with van der Waals surface area (Å²) < 4.78 is 18.6. The molecule has 6 rings (SSSR count). The van der Waals surface area contributed by atoms with E-state index in [0.29, 0.717) is 31.1 Å². The fraction of sp³-hybridized carbons (Fsp3) is 0.355. The third-order valence-corrected chi connectivity index (χ3v) is 7.51. The van der Waals surface area contributed by atoms with Gasteiger partial charge in [0.15, 0.2) is 0 Å². The zero-order valence-electron chi connectivity index (χ0n) is 21.0. The van der Waals surface area contributed by atoms with Crippen molar-refractivity contribution in [1.29, 1.82) is 0 Å². The number of ether oxygens (including phenoxy) is 3. The molecular formula is C31H33NO5. The highest BCUT2D eigenvalue weighted by atomic mass is 16.5.